The first-order valence-corrected chi connectivity index (χ1v) is 23.8. The van der Waals surface area contributed by atoms with Crippen LogP contribution in [0.5, 0.6) is 0 Å². The Morgan fingerprint density at radius 1 is 0.938 bits per heavy atom. The van der Waals surface area contributed by atoms with Crippen molar-refractivity contribution in [3.63, 3.8) is 0 Å². The standard InChI is InChI=1S/C50H75NO14/c1-12-26(2)45-29(5)18-19-49(65-45)24-36-21-35(64-49)17-16-28(4)44(27(3)14-13-15-34-25-58-47-43(53)30(6)20-37(48(54)61-36)50(34,47)55)62-41-23-39(57-11)46(32(8)60-41)63-40-22-38(56-10)42(31(7)59-40)51-33(9)52/h13-16,18-20,26-27,29,31-32,35-47,53,55H,12,17,21-25H2,1-11H3,(H,51,52)/b14-13+,28-16+,34-15+/t26-,27+,29-,31-,32-,35+,36+,37-,38-,39-,40+,41+,42+,43+,44+,45-,46+,47+,49+,50+/m0/s1. The summed E-state index contributed by atoms with van der Waals surface area (Å²) < 4.78 is 64.4. The first-order chi connectivity index (χ1) is 30.9. The van der Waals surface area contributed by atoms with Crippen LogP contribution < -0.4 is 5.32 Å². The number of ether oxygens (including phenoxy) is 10. The van der Waals surface area contributed by atoms with Crippen LogP contribution in [0.15, 0.2) is 59.3 Å². The van der Waals surface area contributed by atoms with Crippen molar-refractivity contribution in [2.45, 2.75) is 198 Å². The lowest BCUT2D eigenvalue weighted by molar-refractivity contribution is -0.311. The summed E-state index contributed by atoms with van der Waals surface area (Å²) in [6.07, 6.45) is 9.46. The van der Waals surface area contributed by atoms with Crippen LogP contribution in [0, 0.1) is 23.7 Å². The van der Waals surface area contributed by atoms with E-state index in [0.29, 0.717) is 36.8 Å². The number of hydrogen-bond donors (Lipinski definition) is 3. The van der Waals surface area contributed by atoms with Gasteiger partial charge < -0.3 is 62.9 Å². The fourth-order valence-corrected chi connectivity index (χ4v) is 11.0. The number of carbonyl (C=O) groups is 2. The fourth-order valence-electron chi connectivity index (χ4n) is 11.0. The number of carbonyl (C=O) groups excluding carboxylic acids is 2. The van der Waals surface area contributed by atoms with Crippen LogP contribution in [0.4, 0.5) is 0 Å². The fraction of sp³-hybridized carbons (Fsp3) is 0.760. The van der Waals surface area contributed by atoms with E-state index in [0.717, 1.165) is 12.0 Å². The summed E-state index contributed by atoms with van der Waals surface area (Å²) in [6.45, 7) is 17.7. The molecule has 2 bridgehead atoms. The topological polar surface area (TPSA) is 179 Å². The summed E-state index contributed by atoms with van der Waals surface area (Å²) in [6, 6.07) is -0.315. The molecule has 0 saturated carbocycles. The minimum atomic E-state index is -1.84. The third-order valence-electron chi connectivity index (χ3n) is 14.9. The zero-order chi connectivity index (χ0) is 47.0. The highest BCUT2D eigenvalue weighted by molar-refractivity contribution is 5.78. The van der Waals surface area contributed by atoms with Crippen molar-refractivity contribution in [2.75, 3.05) is 20.8 Å². The lowest BCUT2D eigenvalue weighted by Gasteiger charge is -2.48. The molecule has 7 rings (SSSR count). The van der Waals surface area contributed by atoms with Crippen LogP contribution in [0.1, 0.15) is 101 Å². The lowest BCUT2D eigenvalue weighted by atomic mass is 9.71. The molecule has 15 heteroatoms. The third kappa shape index (κ3) is 10.6. The maximum Gasteiger partial charge on any atom is 0.316 e. The van der Waals surface area contributed by atoms with Gasteiger partial charge in [-0.05, 0) is 62.8 Å². The quantitative estimate of drug-likeness (QED) is 0.195. The molecule has 20 atom stereocenters. The number of amides is 1. The van der Waals surface area contributed by atoms with Crippen molar-refractivity contribution in [1.82, 2.24) is 5.32 Å². The van der Waals surface area contributed by atoms with E-state index < -0.39 is 84.7 Å². The molecule has 7 aliphatic rings. The highest BCUT2D eigenvalue weighted by Gasteiger charge is 2.60. The van der Waals surface area contributed by atoms with E-state index in [4.69, 9.17) is 47.4 Å². The van der Waals surface area contributed by atoms with Gasteiger partial charge in [0.1, 0.15) is 35.9 Å². The van der Waals surface area contributed by atoms with Crippen LogP contribution >= 0.6 is 0 Å². The molecule has 1 aliphatic carbocycles. The van der Waals surface area contributed by atoms with E-state index in [1.165, 1.54) is 6.92 Å². The minimum Gasteiger partial charge on any atom is -0.462 e. The molecule has 0 unspecified atom stereocenters. The van der Waals surface area contributed by atoms with E-state index >= 15 is 0 Å². The average molecular weight is 914 g/mol. The van der Waals surface area contributed by atoms with E-state index in [9.17, 15) is 19.8 Å². The van der Waals surface area contributed by atoms with Gasteiger partial charge in [0.15, 0.2) is 18.4 Å². The molecule has 4 fully saturated rings. The molecule has 0 aromatic rings. The van der Waals surface area contributed by atoms with Gasteiger partial charge in [0, 0.05) is 58.7 Å². The SMILES string of the molecule is CC[C@H](C)[C@@H]1O[C@]2(C=C[C@@H]1C)C[C@H]1C[C@@H](C/C=C(\C)[C@H](O[C@@H]3C[C@H](OC)[C@H](O[C@@H]4C[C@H](OC)[C@H](NC(C)=O)[C@H](C)O4)[C@H](C)O3)[C@H](C)/C=C/C=C3\CO[C@@H]4[C@H](O)C(C)=C[C@@H](C(=O)O1)[C@]34O)O2. The van der Waals surface area contributed by atoms with E-state index in [1.807, 2.05) is 39.0 Å². The van der Waals surface area contributed by atoms with Gasteiger partial charge >= 0.3 is 5.97 Å². The molecule has 1 spiro atoms. The number of rotatable bonds is 9. The van der Waals surface area contributed by atoms with Crippen molar-refractivity contribution in [1.29, 1.82) is 0 Å². The van der Waals surface area contributed by atoms with Gasteiger partial charge in [-0.2, -0.15) is 0 Å². The van der Waals surface area contributed by atoms with Crippen molar-refractivity contribution >= 4 is 11.9 Å². The average Bonchev–Trinajstić information content (AvgIpc) is 3.61. The first-order valence-electron chi connectivity index (χ1n) is 23.8. The molecule has 0 aromatic carbocycles. The van der Waals surface area contributed by atoms with Gasteiger partial charge in [-0.3, -0.25) is 9.59 Å². The summed E-state index contributed by atoms with van der Waals surface area (Å²) in [5.74, 6) is -2.75. The number of esters is 1. The van der Waals surface area contributed by atoms with Gasteiger partial charge in [-0.15, -0.1) is 0 Å². The summed E-state index contributed by atoms with van der Waals surface area (Å²) in [4.78, 5) is 26.3. The largest absolute Gasteiger partial charge is 0.462 e. The van der Waals surface area contributed by atoms with Gasteiger partial charge in [0.05, 0.1) is 55.4 Å². The number of nitrogens with one attached hydrogen (secondary N) is 1. The Kier molecular flexibility index (Phi) is 16.0. The second kappa shape index (κ2) is 20.8. The van der Waals surface area contributed by atoms with Gasteiger partial charge in [-0.25, -0.2) is 0 Å². The first kappa shape index (κ1) is 50.1. The van der Waals surface area contributed by atoms with Gasteiger partial charge in [0.2, 0.25) is 5.91 Å². The van der Waals surface area contributed by atoms with Crippen molar-refractivity contribution in [3.05, 3.63) is 59.3 Å². The highest BCUT2D eigenvalue weighted by Crippen LogP contribution is 2.47. The van der Waals surface area contributed by atoms with E-state index in [1.54, 1.807) is 33.3 Å². The number of hydrogen-bond acceptors (Lipinski definition) is 14. The second-order valence-corrected chi connectivity index (χ2v) is 19.7. The number of aliphatic hydroxyl groups excluding tert-OH is 1. The molecule has 0 radical (unpaired) electrons. The summed E-state index contributed by atoms with van der Waals surface area (Å²) in [5, 5.41) is 26.7. The molecule has 0 aromatic heterocycles. The number of allylic oxidation sites excluding steroid dienone is 2. The van der Waals surface area contributed by atoms with Crippen molar-refractivity contribution < 1.29 is 67.2 Å². The van der Waals surface area contributed by atoms with Gasteiger partial charge in [0.25, 0.3) is 0 Å². The molecule has 6 heterocycles. The molecule has 364 valence electrons. The lowest BCUT2D eigenvalue weighted by Crippen LogP contribution is -2.58. The normalized spacial score (nSPS) is 47.3. The van der Waals surface area contributed by atoms with Crippen molar-refractivity contribution in [2.24, 2.45) is 23.7 Å². The van der Waals surface area contributed by atoms with Crippen molar-refractivity contribution in [3.8, 4) is 0 Å². The monoisotopic (exact) mass is 914 g/mol. The predicted octanol–water partition coefficient (Wildman–Crippen LogP) is 5.52. The van der Waals surface area contributed by atoms with E-state index in [2.05, 4.69) is 45.2 Å². The summed E-state index contributed by atoms with van der Waals surface area (Å²) in [5.41, 5.74) is 0.116. The maximum absolute atomic E-state index is 14.4. The smallest absolute Gasteiger partial charge is 0.316 e. The van der Waals surface area contributed by atoms with Crippen LogP contribution in [-0.4, -0.2) is 140 Å². The predicted molar refractivity (Wildman–Crippen MR) is 239 cm³/mol. The number of aliphatic hydroxyl groups is 2. The Labute approximate surface area is 385 Å². The Balaban J connectivity index is 1.16. The highest BCUT2D eigenvalue weighted by atomic mass is 16.7. The number of fused-ring (bicyclic) bond motifs is 2. The summed E-state index contributed by atoms with van der Waals surface area (Å²) in [7, 11) is 3.27. The minimum absolute atomic E-state index is 0.0270. The Morgan fingerprint density at radius 2 is 1.65 bits per heavy atom. The molecule has 4 saturated heterocycles. The maximum atomic E-state index is 14.4. The molecular formula is C50H75NO14. The Bertz CT molecular complexity index is 1850. The zero-order valence-corrected chi connectivity index (χ0v) is 40.2. The van der Waals surface area contributed by atoms with Gasteiger partial charge in [-0.1, -0.05) is 70.6 Å². The van der Waals surface area contributed by atoms with E-state index in [-0.39, 0.29) is 61.0 Å². The summed E-state index contributed by atoms with van der Waals surface area (Å²) >= 11 is 0. The van der Waals surface area contributed by atoms with Crippen LogP contribution in [0.2, 0.25) is 0 Å². The Morgan fingerprint density at radius 3 is 2.35 bits per heavy atom. The molecular weight excluding hydrogens is 839 g/mol. The van der Waals surface area contributed by atoms with Crippen LogP contribution in [0.25, 0.3) is 0 Å². The van der Waals surface area contributed by atoms with Crippen LogP contribution in [-0.2, 0) is 57.0 Å². The zero-order valence-electron chi connectivity index (χ0n) is 40.2. The molecule has 6 aliphatic heterocycles. The molecule has 15 nitrogen and oxygen atoms in total. The Hall–Kier alpha value is -2.80. The molecule has 1 amide bonds. The number of methoxy groups -OCH3 is 2. The van der Waals surface area contributed by atoms with Crippen LogP contribution in [0.3, 0.4) is 0 Å². The molecule has 65 heavy (non-hydrogen) atoms. The molecule has 3 N–H and O–H groups in total. The second-order valence-electron chi connectivity index (χ2n) is 19.7. The third-order valence-corrected chi connectivity index (χ3v) is 14.9.